The lowest BCUT2D eigenvalue weighted by Crippen LogP contribution is -2.03. The van der Waals surface area contributed by atoms with E-state index in [1.807, 2.05) is 6.92 Å². The Labute approximate surface area is 131 Å². The molecule has 0 saturated carbocycles. The molecule has 0 amide bonds. The van der Waals surface area contributed by atoms with Crippen molar-refractivity contribution in [1.82, 2.24) is 9.78 Å². The average molecular weight is 351 g/mol. The number of rotatable bonds is 4. The van der Waals surface area contributed by atoms with Crippen LogP contribution in [0.15, 0.2) is 28.7 Å². The van der Waals surface area contributed by atoms with Gasteiger partial charge in [-0.3, -0.25) is 9.48 Å². The Balaban J connectivity index is 2.27. The van der Waals surface area contributed by atoms with Crippen molar-refractivity contribution in [1.29, 1.82) is 0 Å². The molecule has 0 saturated heterocycles. The van der Waals surface area contributed by atoms with E-state index in [1.165, 1.54) is 13.2 Å². The number of aromatic hydroxyl groups is 1. The summed E-state index contributed by atoms with van der Waals surface area (Å²) >= 11 is 3.24. The summed E-state index contributed by atoms with van der Waals surface area (Å²) in [7, 11) is 3.20. The number of benzene rings is 1. The van der Waals surface area contributed by atoms with E-state index in [9.17, 15) is 9.90 Å². The minimum absolute atomic E-state index is 0.0308. The van der Waals surface area contributed by atoms with Crippen molar-refractivity contribution in [2.24, 2.45) is 7.05 Å². The first-order valence-electron chi connectivity index (χ1n) is 6.22. The summed E-state index contributed by atoms with van der Waals surface area (Å²) in [4.78, 5) is 12.1. The second-order valence-electron chi connectivity index (χ2n) is 4.55. The Morgan fingerprint density at radius 2 is 2.14 bits per heavy atom. The van der Waals surface area contributed by atoms with Crippen molar-refractivity contribution in [3.63, 3.8) is 0 Å². The van der Waals surface area contributed by atoms with Gasteiger partial charge in [0.15, 0.2) is 11.5 Å². The quantitative estimate of drug-likeness (QED) is 0.679. The normalized spacial score (nSPS) is 11.0. The first-order valence-corrected chi connectivity index (χ1v) is 7.01. The molecule has 6 heteroatoms. The molecule has 110 valence electrons. The smallest absolute Gasteiger partial charge is 0.203 e. The third-order valence-electron chi connectivity index (χ3n) is 2.95. The number of methoxy groups -OCH3 is 1. The van der Waals surface area contributed by atoms with Gasteiger partial charge in [0.1, 0.15) is 5.69 Å². The molecule has 1 N–H and O–H groups in total. The molecule has 0 aliphatic heterocycles. The fraction of sp³-hybridized carbons (Fsp3) is 0.200. The predicted octanol–water partition coefficient (Wildman–Crippen LogP) is 3.10. The SMILES string of the molecule is COc1cc(C=CC(=O)c2cc(C)nn2C)cc(Br)c1O. The van der Waals surface area contributed by atoms with Crippen molar-refractivity contribution in [3.8, 4) is 11.5 Å². The minimum Gasteiger partial charge on any atom is -0.503 e. The number of hydrogen-bond donors (Lipinski definition) is 1. The van der Waals surface area contributed by atoms with Crippen molar-refractivity contribution in [2.75, 3.05) is 7.11 Å². The van der Waals surface area contributed by atoms with Crippen LogP contribution in [0.2, 0.25) is 0 Å². The van der Waals surface area contributed by atoms with E-state index < -0.39 is 0 Å². The zero-order valence-electron chi connectivity index (χ0n) is 11.9. The summed E-state index contributed by atoms with van der Waals surface area (Å²) in [5.74, 6) is 0.234. The number of aryl methyl sites for hydroxylation is 2. The van der Waals surface area contributed by atoms with E-state index in [0.717, 1.165) is 11.3 Å². The van der Waals surface area contributed by atoms with E-state index >= 15 is 0 Å². The fourth-order valence-electron chi connectivity index (χ4n) is 1.94. The highest BCUT2D eigenvalue weighted by atomic mass is 79.9. The lowest BCUT2D eigenvalue weighted by Gasteiger charge is -2.06. The van der Waals surface area contributed by atoms with Gasteiger partial charge in [0.25, 0.3) is 0 Å². The Morgan fingerprint density at radius 3 is 2.71 bits per heavy atom. The number of aromatic nitrogens is 2. The molecule has 0 aliphatic rings. The van der Waals surface area contributed by atoms with Crippen molar-refractivity contribution >= 4 is 27.8 Å². The van der Waals surface area contributed by atoms with Gasteiger partial charge < -0.3 is 9.84 Å². The van der Waals surface area contributed by atoms with Gasteiger partial charge in [-0.25, -0.2) is 0 Å². The molecule has 0 fully saturated rings. The van der Waals surface area contributed by atoms with Gasteiger partial charge in [-0.15, -0.1) is 0 Å². The van der Waals surface area contributed by atoms with Gasteiger partial charge >= 0.3 is 0 Å². The minimum atomic E-state index is -0.138. The molecule has 21 heavy (non-hydrogen) atoms. The maximum Gasteiger partial charge on any atom is 0.203 e. The van der Waals surface area contributed by atoms with Crippen LogP contribution in [0.3, 0.4) is 0 Å². The van der Waals surface area contributed by atoms with Gasteiger partial charge in [0, 0.05) is 7.05 Å². The number of halogens is 1. The number of carbonyl (C=O) groups is 1. The van der Waals surface area contributed by atoms with Crippen LogP contribution in [-0.4, -0.2) is 27.8 Å². The molecule has 0 bridgehead atoms. The molecule has 2 rings (SSSR count). The van der Waals surface area contributed by atoms with Gasteiger partial charge in [-0.1, -0.05) is 6.08 Å². The number of carbonyl (C=O) groups excluding carboxylic acids is 1. The molecule has 1 heterocycles. The van der Waals surface area contributed by atoms with Crippen LogP contribution in [0.25, 0.3) is 6.08 Å². The molecule has 2 aromatic rings. The number of phenolic OH excluding ortho intramolecular Hbond substituents is 1. The predicted molar refractivity (Wildman–Crippen MR) is 83.7 cm³/mol. The summed E-state index contributed by atoms with van der Waals surface area (Å²) in [5.41, 5.74) is 2.06. The van der Waals surface area contributed by atoms with Gasteiger partial charge in [-0.05, 0) is 52.7 Å². The molecule has 1 aromatic heterocycles. The molecule has 0 radical (unpaired) electrons. The van der Waals surface area contributed by atoms with Gasteiger partial charge in [-0.2, -0.15) is 5.10 Å². The van der Waals surface area contributed by atoms with Crippen molar-refractivity contribution < 1.29 is 14.6 Å². The third kappa shape index (κ3) is 3.33. The summed E-state index contributed by atoms with van der Waals surface area (Å²) in [6, 6.07) is 5.09. The van der Waals surface area contributed by atoms with Gasteiger partial charge in [0.2, 0.25) is 5.78 Å². The van der Waals surface area contributed by atoms with Crippen LogP contribution in [-0.2, 0) is 7.05 Å². The number of ketones is 1. The fourth-order valence-corrected chi connectivity index (χ4v) is 2.40. The van der Waals surface area contributed by atoms with Crippen LogP contribution in [0.4, 0.5) is 0 Å². The Kier molecular flexibility index (Phi) is 4.47. The second kappa shape index (κ2) is 6.13. The number of phenols is 1. The van der Waals surface area contributed by atoms with E-state index in [4.69, 9.17) is 4.74 Å². The van der Waals surface area contributed by atoms with E-state index in [0.29, 0.717) is 15.9 Å². The zero-order valence-corrected chi connectivity index (χ0v) is 13.5. The lowest BCUT2D eigenvalue weighted by molar-refractivity contribution is 0.103. The molecule has 0 aliphatic carbocycles. The number of ether oxygens (including phenoxy) is 1. The largest absolute Gasteiger partial charge is 0.503 e. The van der Waals surface area contributed by atoms with Crippen LogP contribution in [0.1, 0.15) is 21.7 Å². The van der Waals surface area contributed by atoms with Crippen LogP contribution >= 0.6 is 15.9 Å². The van der Waals surface area contributed by atoms with Crippen molar-refractivity contribution in [3.05, 3.63) is 45.7 Å². The van der Waals surface area contributed by atoms with Gasteiger partial charge in [0.05, 0.1) is 17.3 Å². The molecular formula is C15H15BrN2O3. The summed E-state index contributed by atoms with van der Waals surface area (Å²) in [5, 5.41) is 13.9. The Bertz CT molecular complexity index is 720. The monoisotopic (exact) mass is 350 g/mol. The molecule has 0 unspecified atom stereocenters. The summed E-state index contributed by atoms with van der Waals surface area (Å²) < 4.78 is 7.12. The van der Waals surface area contributed by atoms with Crippen molar-refractivity contribution in [2.45, 2.75) is 6.92 Å². The highest BCUT2D eigenvalue weighted by molar-refractivity contribution is 9.10. The first-order chi connectivity index (χ1) is 9.92. The standard InChI is InChI=1S/C15H15BrN2O3/c1-9-6-12(18(2)17-9)13(19)5-4-10-7-11(16)15(20)14(8-10)21-3/h4-8,20H,1-3H3. The third-order valence-corrected chi connectivity index (χ3v) is 3.56. The molecular weight excluding hydrogens is 336 g/mol. The second-order valence-corrected chi connectivity index (χ2v) is 5.40. The molecule has 0 atom stereocenters. The highest BCUT2D eigenvalue weighted by Gasteiger charge is 2.10. The molecule has 5 nitrogen and oxygen atoms in total. The summed E-state index contributed by atoms with van der Waals surface area (Å²) in [6.07, 6.45) is 3.13. The van der Waals surface area contributed by atoms with E-state index in [-0.39, 0.29) is 11.5 Å². The van der Waals surface area contributed by atoms with Crippen LogP contribution < -0.4 is 4.74 Å². The van der Waals surface area contributed by atoms with Crippen LogP contribution in [0.5, 0.6) is 11.5 Å². The highest BCUT2D eigenvalue weighted by Crippen LogP contribution is 2.35. The number of nitrogens with zero attached hydrogens (tertiary/aromatic N) is 2. The lowest BCUT2D eigenvalue weighted by atomic mass is 10.1. The zero-order chi connectivity index (χ0) is 15.6. The van der Waals surface area contributed by atoms with E-state index in [1.54, 1.807) is 36.0 Å². The Hall–Kier alpha value is -2.08. The van der Waals surface area contributed by atoms with Crippen LogP contribution in [0, 0.1) is 6.92 Å². The average Bonchev–Trinajstić information content (AvgIpc) is 2.78. The number of allylic oxidation sites excluding steroid dienone is 1. The van der Waals surface area contributed by atoms with E-state index in [2.05, 4.69) is 21.0 Å². The Morgan fingerprint density at radius 1 is 1.43 bits per heavy atom. The topological polar surface area (TPSA) is 64.3 Å². The summed E-state index contributed by atoms with van der Waals surface area (Å²) in [6.45, 7) is 1.84. The maximum atomic E-state index is 12.1. The molecule has 1 aromatic carbocycles. The molecule has 0 spiro atoms. The maximum absolute atomic E-state index is 12.1. The number of hydrogen-bond acceptors (Lipinski definition) is 4. The first kappa shape index (κ1) is 15.3.